The second-order valence-electron chi connectivity index (χ2n) is 17.4. The summed E-state index contributed by atoms with van der Waals surface area (Å²) in [6.45, 7) is 8.30. The SMILES string of the molecule is Cc1ncsc1-c1ccc(CNC(=O)[C@@H]2C[C@@H](O)CN(C(=O)[C@@H](NC(=O)CCCCCCCCCCC(=O)Nc3ccc(C(=O)Nc4ccccc4N)cc3)C(C)(C)C)C2)cc1. The minimum absolute atomic E-state index is 0.0647. The minimum Gasteiger partial charge on any atom is -0.397 e. The first-order chi connectivity index (χ1) is 29.7. The zero-order valence-electron chi connectivity index (χ0n) is 36.5. The molecule has 332 valence electrons. The summed E-state index contributed by atoms with van der Waals surface area (Å²) in [5.41, 5.74) is 12.3. The molecule has 3 atom stereocenters. The van der Waals surface area contributed by atoms with Crippen molar-refractivity contribution in [1.82, 2.24) is 20.5 Å². The van der Waals surface area contributed by atoms with Gasteiger partial charge in [-0.1, -0.05) is 95.7 Å². The molecule has 1 aromatic heterocycles. The Bertz CT molecular complexity index is 2110. The molecule has 1 saturated heterocycles. The predicted octanol–water partition coefficient (Wildman–Crippen LogP) is 7.85. The van der Waals surface area contributed by atoms with E-state index in [1.54, 1.807) is 59.9 Å². The van der Waals surface area contributed by atoms with Crippen molar-refractivity contribution in [3.63, 3.8) is 0 Å². The number of likely N-dealkylation sites (tertiary alicyclic amines) is 1. The van der Waals surface area contributed by atoms with Crippen molar-refractivity contribution in [3.8, 4) is 10.4 Å². The van der Waals surface area contributed by atoms with Crippen LogP contribution in [0.15, 0.2) is 78.3 Å². The van der Waals surface area contributed by atoms with Gasteiger partial charge in [0.25, 0.3) is 5.91 Å². The largest absolute Gasteiger partial charge is 0.397 e. The third kappa shape index (κ3) is 14.5. The van der Waals surface area contributed by atoms with Gasteiger partial charge >= 0.3 is 0 Å². The number of aliphatic hydroxyl groups excluding tert-OH is 1. The number of thiazole rings is 1. The van der Waals surface area contributed by atoms with E-state index in [1.807, 2.05) is 57.5 Å². The molecule has 1 fully saturated rings. The number of para-hydroxylation sites is 2. The van der Waals surface area contributed by atoms with Crippen LogP contribution in [0, 0.1) is 18.3 Å². The molecule has 4 aromatic rings. The Balaban J connectivity index is 0.935. The first kappa shape index (κ1) is 47.4. The van der Waals surface area contributed by atoms with Crippen LogP contribution >= 0.6 is 11.3 Å². The summed E-state index contributed by atoms with van der Waals surface area (Å²) < 4.78 is 0. The maximum absolute atomic E-state index is 13.9. The minimum atomic E-state index is -0.847. The summed E-state index contributed by atoms with van der Waals surface area (Å²) >= 11 is 1.59. The highest BCUT2D eigenvalue weighted by atomic mass is 32.1. The van der Waals surface area contributed by atoms with Crippen LogP contribution in [0.4, 0.5) is 17.1 Å². The van der Waals surface area contributed by atoms with Crippen LogP contribution in [0.25, 0.3) is 10.4 Å². The number of β-amino-alcohol motifs (C(OH)–C–C–N with tert-alkyl or cyclic N) is 1. The number of nitrogens with two attached hydrogens (primary N) is 1. The number of benzene rings is 3. The van der Waals surface area contributed by atoms with Gasteiger partial charge in [-0.15, -0.1) is 11.3 Å². The monoisotopic (exact) mass is 865 g/mol. The second kappa shape index (κ2) is 23.0. The van der Waals surface area contributed by atoms with E-state index in [2.05, 4.69) is 26.3 Å². The molecule has 0 radical (unpaired) electrons. The number of nitrogens with zero attached hydrogens (tertiary/aromatic N) is 2. The van der Waals surface area contributed by atoms with Gasteiger partial charge in [0.2, 0.25) is 23.6 Å². The Kier molecular flexibility index (Phi) is 17.6. The number of aromatic nitrogens is 1. The van der Waals surface area contributed by atoms with Crippen molar-refractivity contribution in [2.75, 3.05) is 29.5 Å². The first-order valence-corrected chi connectivity index (χ1v) is 22.6. The van der Waals surface area contributed by atoms with Gasteiger partial charge in [-0.25, -0.2) is 4.98 Å². The van der Waals surface area contributed by atoms with Crippen LogP contribution in [-0.4, -0.2) is 69.8 Å². The van der Waals surface area contributed by atoms with Crippen LogP contribution in [0.1, 0.15) is 113 Å². The molecule has 3 aromatic carbocycles. The number of aliphatic hydroxyl groups is 1. The van der Waals surface area contributed by atoms with E-state index in [4.69, 9.17) is 5.73 Å². The number of anilines is 3. The molecule has 2 heterocycles. The summed E-state index contributed by atoms with van der Waals surface area (Å²) in [5, 5.41) is 22.4. The average Bonchev–Trinajstić information content (AvgIpc) is 3.68. The van der Waals surface area contributed by atoms with Gasteiger partial charge < -0.3 is 37.0 Å². The smallest absolute Gasteiger partial charge is 0.255 e. The maximum Gasteiger partial charge on any atom is 0.255 e. The number of hydrogen-bond donors (Lipinski definition) is 6. The third-order valence-corrected chi connectivity index (χ3v) is 12.1. The zero-order valence-corrected chi connectivity index (χ0v) is 37.3. The molecule has 62 heavy (non-hydrogen) atoms. The van der Waals surface area contributed by atoms with Crippen molar-refractivity contribution in [3.05, 3.63) is 95.1 Å². The van der Waals surface area contributed by atoms with Crippen molar-refractivity contribution in [2.24, 2.45) is 11.3 Å². The number of carbonyl (C=O) groups excluding carboxylic acids is 5. The van der Waals surface area contributed by atoms with Crippen molar-refractivity contribution in [2.45, 2.75) is 117 Å². The molecule has 1 aliphatic heterocycles. The van der Waals surface area contributed by atoms with Gasteiger partial charge in [0.05, 0.1) is 39.5 Å². The normalized spacial score (nSPS) is 15.7. The second-order valence-corrected chi connectivity index (χ2v) is 18.2. The van der Waals surface area contributed by atoms with Gasteiger partial charge in [-0.05, 0) is 79.1 Å². The highest BCUT2D eigenvalue weighted by Crippen LogP contribution is 2.28. The van der Waals surface area contributed by atoms with E-state index < -0.39 is 23.5 Å². The Morgan fingerprint density at radius 2 is 1.45 bits per heavy atom. The van der Waals surface area contributed by atoms with Crippen LogP contribution in [0.3, 0.4) is 0 Å². The van der Waals surface area contributed by atoms with E-state index in [9.17, 15) is 29.1 Å². The van der Waals surface area contributed by atoms with Crippen LogP contribution in [0.5, 0.6) is 0 Å². The molecule has 5 amide bonds. The Morgan fingerprint density at radius 1 is 0.823 bits per heavy atom. The van der Waals surface area contributed by atoms with Crippen molar-refractivity contribution >= 4 is 57.9 Å². The van der Waals surface area contributed by atoms with Crippen molar-refractivity contribution in [1.29, 1.82) is 0 Å². The number of amides is 5. The number of unbranched alkanes of at least 4 members (excludes halogenated alkanes) is 7. The maximum atomic E-state index is 13.9. The van der Waals surface area contributed by atoms with Crippen molar-refractivity contribution < 1.29 is 29.1 Å². The highest BCUT2D eigenvalue weighted by molar-refractivity contribution is 7.13. The molecular formula is C48H63N7O6S. The number of hydrogen-bond acceptors (Lipinski definition) is 9. The molecule has 0 unspecified atom stereocenters. The topological polar surface area (TPSA) is 196 Å². The number of piperidine rings is 1. The molecule has 0 spiro atoms. The lowest BCUT2D eigenvalue weighted by Crippen LogP contribution is -2.59. The fraction of sp³-hybridized carbons (Fsp3) is 0.458. The summed E-state index contributed by atoms with van der Waals surface area (Å²) in [7, 11) is 0. The Hall–Kier alpha value is -5.60. The fourth-order valence-corrected chi connectivity index (χ4v) is 8.37. The third-order valence-electron chi connectivity index (χ3n) is 11.2. The Labute approximate surface area is 369 Å². The quantitative estimate of drug-likeness (QED) is 0.0382. The van der Waals surface area contributed by atoms with Gasteiger partial charge in [0, 0.05) is 43.7 Å². The standard InChI is InChI=1S/C48H63N7O6S/c1-32-43(62-31-51-32)34-21-19-33(20-22-34)28-50-45(59)36-27-38(56)30-55(29-36)47(61)44(48(2,3)4)54-42(58)18-12-10-8-6-5-7-9-11-17-41(57)52-37-25-23-35(24-26-37)46(60)53-40-16-14-13-15-39(40)49/h13-16,19-26,31,36,38,44,56H,5-12,17-18,27-30,49H2,1-4H3,(H,50,59)(H,52,57)(H,53,60)(H,54,58)/t36-,38-,44-/m1/s1. The molecule has 13 nitrogen and oxygen atoms in total. The van der Waals surface area contributed by atoms with Crippen LogP contribution < -0.4 is 27.0 Å². The number of carbonyl (C=O) groups is 5. The predicted molar refractivity (Wildman–Crippen MR) is 246 cm³/mol. The summed E-state index contributed by atoms with van der Waals surface area (Å²) in [6, 6.07) is 21.0. The van der Waals surface area contributed by atoms with E-state index in [0.717, 1.165) is 66.6 Å². The number of rotatable bonds is 20. The molecular weight excluding hydrogens is 803 g/mol. The van der Waals surface area contributed by atoms with Gasteiger partial charge in [-0.3, -0.25) is 24.0 Å². The lowest BCUT2D eigenvalue weighted by Gasteiger charge is -2.40. The summed E-state index contributed by atoms with van der Waals surface area (Å²) in [5.74, 6) is -1.61. The van der Waals surface area contributed by atoms with Gasteiger partial charge in [0.15, 0.2) is 0 Å². The van der Waals surface area contributed by atoms with Gasteiger partial charge in [-0.2, -0.15) is 0 Å². The van der Waals surface area contributed by atoms with E-state index in [-0.39, 0.29) is 49.0 Å². The van der Waals surface area contributed by atoms with Crippen LogP contribution in [-0.2, 0) is 25.7 Å². The highest BCUT2D eigenvalue weighted by Gasteiger charge is 2.40. The molecule has 7 N–H and O–H groups in total. The molecule has 5 rings (SSSR count). The van der Waals surface area contributed by atoms with E-state index in [0.29, 0.717) is 48.4 Å². The molecule has 0 bridgehead atoms. The molecule has 0 saturated carbocycles. The first-order valence-electron chi connectivity index (χ1n) is 21.8. The van der Waals surface area contributed by atoms with E-state index in [1.165, 1.54) is 4.90 Å². The average molecular weight is 866 g/mol. The molecule has 1 aliphatic rings. The number of nitrogens with one attached hydrogen (secondary N) is 4. The lowest BCUT2D eigenvalue weighted by atomic mass is 9.84. The summed E-state index contributed by atoms with van der Waals surface area (Å²) in [6.07, 6.45) is 7.59. The summed E-state index contributed by atoms with van der Waals surface area (Å²) in [4.78, 5) is 72.2. The zero-order chi connectivity index (χ0) is 44.6. The fourth-order valence-electron chi connectivity index (χ4n) is 7.56. The Morgan fingerprint density at radius 3 is 2.06 bits per heavy atom. The molecule has 0 aliphatic carbocycles. The van der Waals surface area contributed by atoms with E-state index >= 15 is 0 Å². The van der Waals surface area contributed by atoms with Crippen LogP contribution in [0.2, 0.25) is 0 Å². The molecule has 14 heteroatoms. The number of nitrogen functional groups attached to an aromatic ring is 1. The lowest BCUT2D eigenvalue weighted by molar-refractivity contribution is -0.145. The number of aryl methyl sites for hydroxylation is 1. The van der Waals surface area contributed by atoms with Gasteiger partial charge in [0.1, 0.15) is 6.04 Å².